The van der Waals surface area contributed by atoms with Crippen molar-refractivity contribution in [3.05, 3.63) is 56.1 Å². The number of fused-ring (bicyclic) bond motifs is 2. The van der Waals surface area contributed by atoms with E-state index in [-0.39, 0.29) is 11.7 Å². The van der Waals surface area contributed by atoms with Crippen LogP contribution in [-0.4, -0.2) is 22.1 Å². The summed E-state index contributed by atoms with van der Waals surface area (Å²) in [6.45, 7) is 0.841. The van der Waals surface area contributed by atoms with Crippen LogP contribution in [0.4, 0.5) is 0 Å². The number of carbonyl (C=O) groups excluding carboxylic acids is 1. The Morgan fingerprint density at radius 2 is 2.08 bits per heavy atom. The van der Waals surface area contributed by atoms with Crippen molar-refractivity contribution in [1.29, 1.82) is 0 Å². The Morgan fingerprint density at radius 3 is 3.00 bits per heavy atom. The Kier molecular flexibility index (Phi) is 4.44. The van der Waals surface area contributed by atoms with Crippen molar-refractivity contribution in [3.63, 3.8) is 0 Å². The molecular weight excluding hydrogens is 336 g/mol. The zero-order valence-corrected chi connectivity index (χ0v) is 14.7. The van der Waals surface area contributed by atoms with E-state index in [0.29, 0.717) is 19.6 Å². The summed E-state index contributed by atoms with van der Waals surface area (Å²) in [6.07, 6.45) is 5.03. The lowest BCUT2D eigenvalue weighted by Crippen LogP contribution is -2.18. The van der Waals surface area contributed by atoms with Gasteiger partial charge in [0.1, 0.15) is 0 Å². The molecule has 0 amide bonds. The van der Waals surface area contributed by atoms with Crippen LogP contribution in [0.15, 0.2) is 34.4 Å². The number of aromatic nitrogens is 2. The fraction of sp³-hybridized carbons (Fsp3) is 0.368. The quantitative estimate of drug-likeness (QED) is 0.562. The van der Waals surface area contributed by atoms with E-state index < -0.39 is 0 Å². The molecular formula is C19H20N2O3S. The molecule has 6 heteroatoms. The molecule has 0 fully saturated rings. The molecule has 1 N–H and O–H groups in total. The summed E-state index contributed by atoms with van der Waals surface area (Å²) >= 11 is 1.67. The molecule has 2 aromatic heterocycles. The van der Waals surface area contributed by atoms with Crippen LogP contribution in [0.1, 0.15) is 40.1 Å². The van der Waals surface area contributed by atoms with Gasteiger partial charge in [0.05, 0.1) is 23.2 Å². The van der Waals surface area contributed by atoms with Crippen LogP contribution in [0.3, 0.4) is 0 Å². The number of nitrogens with zero attached hydrogens (tertiary/aromatic N) is 1. The third kappa shape index (κ3) is 3.14. The monoisotopic (exact) mass is 356 g/mol. The largest absolute Gasteiger partial charge is 0.462 e. The van der Waals surface area contributed by atoms with Gasteiger partial charge in [-0.15, -0.1) is 11.3 Å². The number of hydrogen-bond donors (Lipinski definition) is 1. The second-order valence-corrected chi connectivity index (χ2v) is 7.31. The lowest BCUT2D eigenvalue weighted by atomic mass is 9.96. The molecule has 5 nitrogen and oxygen atoms in total. The summed E-state index contributed by atoms with van der Waals surface area (Å²) in [5.41, 5.74) is 3.51. The maximum absolute atomic E-state index is 12.3. The topological polar surface area (TPSA) is 64.1 Å². The fourth-order valence-electron chi connectivity index (χ4n) is 3.46. The van der Waals surface area contributed by atoms with E-state index in [0.717, 1.165) is 35.9 Å². The highest BCUT2D eigenvalue weighted by molar-refractivity contribution is 7.10. The number of ether oxygens (including phenoxy) is 1. The van der Waals surface area contributed by atoms with Crippen LogP contribution >= 0.6 is 11.3 Å². The predicted molar refractivity (Wildman–Crippen MR) is 98.4 cm³/mol. The van der Waals surface area contributed by atoms with Gasteiger partial charge < -0.3 is 9.72 Å². The number of hydrogen-bond acceptors (Lipinski definition) is 4. The van der Waals surface area contributed by atoms with Crippen molar-refractivity contribution in [3.8, 4) is 0 Å². The van der Waals surface area contributed by atoms with Crippen LogP contribution in [0.2, 0.25) is 0 Å². The van der Waals surface area contributed by atoms with Crippen LogP contribution in [-0.2, 0) is 24.1 Å². The van der Waals surface area contributed by atoms with Crippen molar-refractivity contribution < 1.29 is 9.53 Å². The molecule has 2 heterocycles. The predicted octanol–water partition coefficient (Wildman–Crippen LogP) is 3.52. The third-order valence-corrected chi connectivity index (χ3v) is 5.81. The first kappa shape index (κ1) is 16.1. The standard InChI is InChI=1S/C19H20N2O3S/c22-18(14-12-25-17-9-4-1-6-13(14)17)24-11-5-10-21-16-8-3-2-7-15(16)20-19(21)23/h2-3,7-8,12H,1,4-6,9-11H2,(H,20,23). The first-order chi connectivity index (χ1) is 12.2. The zero-order valence-electron chi connectivity index (χ0n) is 13.9. The van der Waals surface area contributed by atoms with Gasteiger partial charge in [0.15, 0.2) is 0 Å². The highest BCUT2D eigenvalue weighted by Crippen LogP contribution is 2.30. The summed E-state index contributed by atoms with van der Waals surface area (Å²) in [5.74, 6) is -0.231. The maximum Gasteiger partial charge on any atom is 0.339 e. The smallest absolute Gasteiger partial charge is 0.339 e. The Hall–Kier alpha value is -2.34. The number of aryl methyl sites for hydroxylation is 2. The number of para-hydroxylation sites is 2. The molecule has 25 heavy (non-hydrogen) atoms. The SMILES string of the molecule is O=C(OCCCn1c(=O)[nH]c2ccccc21)c1csc2c1CCCC2. The number of esters is 1. The number of H-pyrrole nitrogens is 1. The van der Waals surface area contributed by atoms with E-state index in [9.17, 15) is 9.59 Å². The van der Waals surface area contributed by atoms with Gasteiger partial charge in [-0.1, -0.05) is 12.1 Å². The second kappa shape index (κ2) is 6.88. The first-order valence-electron chi connectivity index (χ1n) is 8.68. The number of carbonyl (C=O) groups is 1. The van der Waals surface area contributed by atoms with Gasteiger partial charge >= 0.3 is 11.7 Å². The van der Waals surface area contributed by atoms with E-state index in [4.69, 9.17) is 4.74 Å². The number of nitrogens with one attached hydrogen (secondary N) is 1. The minimum Gasteiger partial charge on any atom is -0.462 e. The van der Waals surface area contributed by atoms with E-state index in [1.165, 1.54) is 16.9 Å². The van der Waals surface area contributed by atoms with Crippen molar-refractivity contribution in [2.45, 2.75) is 38.6 Å². The minimum absolute atomic E-state index is 0.126. The molecule has 0 atom stereocenters. The minimum atomic E-state index is -0.231. The summed E-state index contributed by atoms with van der Waals surface area (Å²) in [6, 6.07) is 7.60. The van der Waals surface area contributed by atoms with Crippen LogP contribution in [0.25, 0.3) is 11.0 Å². The lowest BCUT2D eigenvalue weighted by molar-refractivity contribution is 0.0495. The number of thiophene rings is 1. The molecule has 3 aromatic rings. The van der Waals surface area contributed by atoms with Gasteiger partial charge in [-0.2, -0.15) is 0 Å². The second-order valence-electron chi connectivity index (χ2n) is 6.35. The zero-order chi connectivity index (χ0) is 17.2. The summed E-state index contributed by atoms with van der Waals surface area (Å²) in [7, 11) is 0. The lowest BCUT2D eigenvalue weighted by Gasteiger charge is -2.12. The number of aromatic amines is 1. The average Bonchev–Trinajstić information content (AvgIpc) is 3.19. The van der Waals surface area contributed by atoms with Crippen molar-refractivity contribution in [2.24, 2.45) is 0 Å². The number of rotatable bonds is 5. The van der Waals surface area contributed by atoms with E-state index in [1.54, 1.807) is 15.9 Å². The Bertz CT molecular complexity index is 967. The normalized spacial score (nSPS) is 13.8. The molecule has 0 radical (unpaired) electrons. The van der Waals surface area contributed by atoms with Crippen molar-refractivity contribution in [2.75, 3.05) is 6.61 Å². The van der Waals surface area contributed by atoms with Gasteiger partial charge in [-0.3, -0.25) is 4.57 Å². The van der Waals surface area contributed by atoms with Gasteiger partial charge in [0.25, 0.3) is 0 Å². The number of benzene rings is 1. The van der Waals surface area contributed by atoms with Crippen LogP contribution in [0.5, 0.6) is 0 Å². The van der Waals surface area contributed by atoms with E-state index in [2.05, 4.69) is 4.98 Å². The molecule has 1 aliphatic rings. The molecule has 0 bridgehead atoms. The van der Waals surface area contributed by atoms with Crippen LogP contribution < -0.4 is 5.69 Å². The fourth-order valence-corrected chi connectivity index (χ4v) is 4.57. The Labute approximate surface area is 149 Å². The summed E-state index contributed by atoms with van der Waals surface area (Å²) < 4.78 is 7.13. The first-order valence-corrected chi connectivity index (χ1v) is 9.56. The number of imidazole rings is 1. The van der Waals surface area contributed by atoms with Gasteiger partial charge in [0.2, 0.25) is 0 Å². The highest BCUT2D eigenvalue weighted by Gasteiger charge is 2.20. The van der Waals surface area contributed by atoms with Crippen molar-refractivity contribution >= 4 is 28.3 Å². The molecule has 4 rings (SSSR count). The molecule has 0 unspecified atom stereocenters. The highest BCUT2D eigenvalue weighted by atomic mass is 32.1. The van der Waals surface area contributed by atoms with Gasteiger partial charge in [-0.25, -0.2) is 9.59 Å². The summed E-state index contributed by atoms with van der Waals surface area (Å²) in [4.78, 5) is 28.5. The maximum atomic E-state index is 12.3. The van der Waals surface area contributed by atoms with E-state index >= 15 is 0 Å². The molecule has 130 valence electrons. The average molecular weight is 356 g/mol. The molecule has 0 saturated heterocycles. The molecule has 1 aliphatic carbocycles. The molecule has 0 aliphatic heterocycles. The Morgan fingerprint density at radius 1 is 1.24 bits per heavy atom. The molecule has 0 saturated carbocycles. The van der Waals surface area contributed by atoms with Crippen LogP contribution in [0, 0.1) is 0 Å². The summed E-state index contributed by atoms with van der Waals surface area (Å²) in [5, 5.41) is 1.93. The van der Waals surface area contributed by atoms with Gasteiger partial charge in [0, 0.05) is 16.8 Å². The Balaban J connectivity index is 1.36. The van der Waals surface area contributed by atoms with Gasteiger partial charge in [-0.05, 0) is 49.8 Å². The van der Waals surface area contributed by atoms with Crippen molar-refractivity contribution in [1.82, 2.24) is 9.55 Å². The third-order valence-electron chi connectivity index (χ3n) is 4.72. The molecule has 1 aromatic carbocycles. The molecule has 0 spiro atoms. The van der Waals surface area contributed by atoms with E-state index in [1.807, 2.05) is 29.6 Å².